The normalized spacial score (nSPS) is 19.5. The van der Waals surface area contributed by atoms with Crippen LogP contribution in [0.5, 0.6) is 0 Å². The van der Waals surface area contributed by atoms with Gasteiger partial charge in [0.1, 0.15) is 6.61 Å². The van der Waals surface area contributed by atoms with Crippen molar-refractivity contribution in [3.8, 4) is 0 Å². The number of nitrogens with zero attached hydrogens (tertiary/aromatic N) is 3. The molecule has 8 heteroatoms. The molecule has 142 valence electrons. The molecule has 8 nitrogen and oxygen atoms in total. The van der Waals surface area contributed by atoms with Crippen LogP contribution in [0.2, 0.25) is 0 Å². The summed E-state index contributed by atoms with van der Waals surface area (Å²) >= 11 is 0. The first-order valence-electron chi connectivity index (χ1n) is 9.05. The Kier molecular flexibility index (Phi) is 5.13. The molecular weight excluding hydrogens is 336 g/mol. The quantitative estimate of drug-likeness (QED) is 0.792. The standard InChI is InChI=1S/C18H26N4O4/c1-12-17(14(3)23)13(2)22(20-12)7-4-16(25)21-8-5-18(6-9-21)11-19-15(24)10-26-18/h4-11H2,1-3H3,(H,19,24). The van der Waals surface area contributed by atoms with Gasteiger partial charge in [0.2, 0.25) is 11.8 Å². The van der Waals surface area contributed by atoms with Crippen LogP contribution in [0.4, 0.5) is 0 Å². The van der Waals surface area contributed by atoms with Gasteiger partial charge in [-0.15, -0.1) is 0 Å². The molecule has 1 spiro atoms. The van der Waals surface area contributed by atoms with E-state index in [1.807, 2.05) is 18.7 Å². The average molecular weight is 362 g/mol. The van der Waals surface area contributed by atoms with Crippen molar-refractivity contribution in [2.24, 2.45) is 0 Å². The molecule has 2 aliphatic rings. The molecule has 2 amide bonds. The highest BCUT2D eigenvalue weighted by Gasteiger charge is 2.39. The van der Waals surface area contributed by atoms with Gasteiger partial charge in [-0.1, -0.05) is 0 Å². The Morgan fingerprint density at radius 3 is 2.50 bits per heavy atom. The number of hydrogen-bond acceptors (Lipinski definition) is 5. The Morgan fingerprint density at radius 2 is 1.96 bits per heavy atom. The van der Waals surface area contributed by atoms with E-state index in [4.69, 9.17) is 4.74 Å². The minimum atomic E-state index is -0.323. The maximum absolute atomic E-state index is 12.5. The fourth-order valence-electron chi connectivity index (χ4n) is 3.85. The van der Waals surface area contributed by atoms with Crippen molar-refractivity contribution in [3.05, 3.63) is 17.0 Å². The summed E-state index contributed by atoms with van der Waals surface area (Å²) in [6, 6.07) is 0. The van der Waals surface area contributed by atoms with Crippen molar-refractivity contribution >= 4 is 17.6 Å². The molecule has 0 saturated carbocycles. The number of carbonyl (C=O) groups is 3. The molecule has 0 radical (unpaired) electrons. The van der Waals surface area contributed by atoms with E-state index in [1.165, 1.54) is 6.92 Å². The van der Waals surface area contributed by atoms with Gasteiger partial charge < -0.3 is 15.0 Å². The van der Waals surface area contributed by atoms with Gasteiger partial charge in [-0.3, -0.25) is 19.1 Å². The Labute approximate surface area is 152 Å². The molecule has 0 atom stereocenters. The summed E-state index contributed by atoms with van der Waals surface area (Å²) in [5, 5.41) is 7.24. The van der Waals surface area contributed by atoms with Gasteiger partial charge in [-0.2, -0.15) is 5.10 Å². The smallest absolute Gasteiger partial charge is 0.246 e. The molecule has 3 rings (SSSR count). The number of morpholine rings is 1. The lowest BCUT2D eigenvalue weighted by atomic mass is 9.90. The minimum Gasteiger partial charge on any atom is -0.363 e. The lowest BCUT2D eigenvalue weighted by Gasteiger charge is -2.43. The maximum Gasteiger partial charge on any atom is 0.246 e. The summed E-state index contributed by atoms with van der Waals surface area (Å²) in [4.78, 5) is 37.3. The van der Waals surface area contributed by atoms with Crippen LogP contribution in [0.25, 0.3) is 0 Å². The summed E-state index contributed by atoms with van der Waals surface area (Å²) in [6.45, 7) is 7.56. The molecule has 0 aliphatic carbocycles. The number of rotatable bonds is 4. The predicted molar refractivity (Wildman–Crippen MR) is 93.8 cm³/mol. The van der Waals surface area contributed by atoms with Gasteiger partial charge in [0, 0.05) is 38.3 Å². The highest BCUT2D eigenvalue weighted by atomic mass is 16.5. The van der Waals surface area contributed by atoms with Crippen LogP contribution in [-0.2, 0) is 20.9 Å². The molecule has 0 bridgehead atoms. The molecule has 0 unspecified atom stereocenters. The zero-order chi connectivity index (χ0) is 18.9. The van der Waals surface area contributed by atoms with Gasteiger partial charge in [0.05, 0.1) is 16.9 Å². The van der Waals surface area contributed by atoms with Crippen LogP contribution in [0.3, 0.4) is 0 Å². The van der Waals surface area contributed by atoms with Crippen molar-refractivity contribution < 1.29 is 19.1 Å². The third-order valence-electron chi connectivity index (χ3n) is 5.42. The monoisotopic (exact) mass is 362 g/mol. The van der Waals surface area contributed by atoms with Crippen LogP contribution in [0.15, 0.2) is 0 Å². The number of ketones is 1. The first kappa shape index (κ1) is 18.6. The van der Waals surface area contributed by atoms with Crippen LogP contribution >= 0.6 is 0 Å². The van der Waals surface area contributed by atoms with Crippen molar-refractivity contribution in [1.29, 1.82) is 0 Å². The SMILES string of the molecule is CC(=O)c1c(C)nn(CCC(=O)N2CCC3(CC2)CNC(=O)CO3)c1C. The van der Waals surface area contributed by atoms with Crippen LogP contribution in [0.1, 0.15) is 47.9 Å². The summed E-state index contributed by atoms with van der Waals surface area (Å²) < 4.78 is 7.48. The van der Waals surface area contributed by atoms with E-state index in [1.54, 1.807) is 4.68 Å². The molecule has 0 aromatic carbocycles. The summed E-state index contributed by atoms with van der Waals surface area (Å²) in [7, 11) is 0. The second-order valence-electron chi connectivity index (χ2n) is 7.20. The molecular formula is C18H26N4O4. The molecule has 1 N–H and O–H groups in total. The van der Waals surface area contributed by atoms with Gasteiger partial charge in [0.15, 0.2) is 5.78 Å². The highest BCUT2D eigenvalue weighted by Crippen LogP contribution is 2.28. The molecule has 1 aromatic rings. The Hall–Kier alpha value is -2.22. The number of hydrogen-bond donors (Lipinski definition) is 1. The summed E-state index contributed by atoms with van der Waals surface area (Å²) in [5.41, 5.74) is 1.84. The molecule has 26 heavy (non-hydrogen) atoms. The van der Waals surface area contributed by atoms with Crippen molar-refractivity contribution in [2.45, 2.75) is 52.2 Å². The Bertz CT molecular complexity index is 720. The van der Waals surface area contributed by atoms with E-state index >= 15 is 0 Å². The zero-order valence-electron chi connectivity index (χ0n) is 15.6. The van der Waals surface area contributed by atoms with Crippen LogP contribution in [-0.4, -0.2) is 64.1 Å². The maximum atomic E-state index is 12.5. The Balaban J connectivity index is 1.53. The van der Waals surface area contributed by atoms with Crippen molar-refractivity contribution in [3.63, 3.8) is 0 Å². The zero-order valence-corrected chi connectivity index (χ0v) is 15.6. The van der Waals surface area contributed by atoms with Crippen LogP contribution < -0.4 is 5.32 Å². The fraction of sp³-hybridized carbons (Fsp3) is 0.667. The number of likely N-dealkylation sites (tertiary alicyclic amines) is 1. The number of piperidine rings is 1. The number of carbonyl (C=O) groups excluding carboxylic acids is 3. The number of ether oxygens (including phenoxy) is 1. The fourth-order valence-corrected chi connectivity index (χ4v) is 3.85. The van der Waals surface area contributed by atoms with Gasteiger partial charge in [-0.05, 0) is 33.6 Å². The largest absolute Gasteiger partial charge is 0.363 e. The van der Waals surface area contributed by atoms with E-state index in [2.05, 4.69) is 10.4 Å². The lowest BCUT2D eigenvalue weighted by molar-refractivity contribution is -0.154. The number of aryl methyl sites for hydroxylation is 2. The third kappa shape index (κ3) is 3.65. The average Bonchev–Trinajstić information content (AvgIpc) is 2.90. The molecule has 1 aromatic heterocycles. The highest BCUT2D eigenvalue weighted by molar-refractivity contribution is 5.96. The molecule has 2 aliphatic heterocycles. The topological polar surface area (TPSA) is 93.5 Å². The second kappa shape index (κ2) is 7.19. The van der Waals surface area contributed by atoms with E-state index < -0.39 is 0 Å². The number of Topliss-reactive ketones (excluding diaryl/α,β-unsaturated/α-hetero) is 1. The summed E-state index contributed by atoms with van der Waals surface area (Å²) in [5.74, 6) is -0.000881. The number of amides is 2. The minimum absolute atomic E-state index is 0.00141. The molecule has 2 saturated heterocycles. The van der Waals surface area contributed by atoms with E-state index in [-0.39, 0.29) is 29.8 Å². The van der Waals surface area contributed by atoms with E-state index in [9.17, 15) is 14.4 Å². The predicted octanol–water partition coefficient (Wildman–Crippen LogP) is 0.600. The van der Waals surface area contributed by atoms with Crippen LogP contribution in [0, 0.1) is 13.8 Å². The number of nitrogens with one attached hydrogen (secondary N) is 1. The van der Waals surface area contributed by atoms with Crippen molar-refractivity contribution in [1.82, 2.24) is 20.0 Å². The van der Waals surface area contributed by atoms with Crippen molar-refractivity contribution in [2.75, 3.05) is 26.2 Å². The Morgan fingerprint density at radius 1 is 1.27 bits per heavy atom. The lowest BCUT2D eigenvalue weighted by Crippen LogP contribution is -2.58. The number of aromatic nitrogens is 2. The molecule has 2 fully saturated rings. The van der Waals surface area contributed by atoms with Gasteiger partial charge in [-0.25, -0.2) is 0 Å². The molecule has 3 heterocycles. The summed E-state index contributed by atoms with van der Waals surface area (Å²) in [6.07, 6.45) is 1.81. The first-order valence-corrected chi connectivity index (χ1v) is 9.05. The second-order valence-corrected chi connectivity index (χ2v) is 7.20. The van der Waals surface area contributed by atoms with Gasteiger partial charge >= 0.3 is 0 Å². The van der Waals surface area contributed by atoms with E-state index in [0.29, 0.717) is 43.9 Å². The van der Waals surface area contributed by atoms with E-state index in [0.717, 1.165) is 18.5 Å². The third-order valence-corrected chi connectivity index (χ3v) is 5.42. The van der Waals surface area contributed by atoms with Gasteiger partial charge in [0.25, 0.3) is 0 Å². The first-order chi connectivity index (χ1) is 12.3.